The van der Waals surface area contributed by atoms with Gasteiger partial charge in [-0.25, -0.2) is 4.18 Å². The fourth-order valence-electron chi connectivity index (χ4n) is 2.26. The summed E-state index contributed by atoms with van der Waals surface area (Å²) in [4.78, 5) is 18.3. The second-order valence-electron chi connectivity index (χ2n) is 5.22. The Morgan fingerprint density at radius 2 is 1.68 bits per heavy atom. The maximum absolute atomic E-state index is 12.4. The van der Waals surface area contributed by atoms with Crippen LogP contribution in [0.25, 0.3) is 10.8 Å². The van der Waals surface area contributed by atoms with Crippen molar-refractivity contribution in [3.05, 3.63) is 48.0 Å². The van der Waals surface area contributed by atoms with Crippen LogP contribution in [-0.4, -0.2) is 29.6 Å². The van der Waals surface area contributed by atoms with Crippen LogP contribution in [-0.2, 0) is 25.3 Å². The molecule has 0 aliphatic rings. The average molecular weight is 398 g/mol. The lowest BCUT2D eigenvalue weighted by Gasteiger charge is -2.19. The number of hydrogen-bond donors (Lipinski definition) is 2. The lowest BCUT2D eigenvalue weighted by atomic mass is 10.0. The van der Waals surface area contributed by atoms with Crippen LogP contribution in [0.2, 0.25) is 0 Å². The minimum atomic E-state index is -6.12. The molecule has 0 saturated carbocycles. The Balaban J connectivity index is 2.25. The highest BCUT2D eigenvalue weighted by Gasteiger charge is 2.50. The zero-order chi connectivity index (χ0) is 18.9. The topological polar surface area (TPSA) is 101 Å². The van der Waals surface area contributed by atoms with Crippen molar-refractivity contribution in [2.24, 2.45) is 0 Å². The van der Waals surface area contributed by atoms with Crippen LogP contribution in [0, 0.1) is 0 Å². The standard InChI is InChI=1S/C14H14F3O6PS/c15-14(16,17)25(21,22)23-13(24(18,19)20)9-8-11-6-3-5-10-4-1-2-7-12(10)11/h1-7,13H,8-9H2,(H2,18,19,20). The van der Waals surface area contributed by atoms with Crippen LogP contribution in [0.5, 0.6) is 0 Å². The molecule has 0 amide bonds. The van der Waals surface area contributed by atoms with Gasteiger partial charge in [-0.15, -0.1) is 0 Å². The van der Waals surface area contributed by atoms with Crippen molar-refractivity contribution < 1.29 is 40.1 Å². The molecule has 0 saturated heterocycles. The molecule has 2 N–H and O–H groups in total. The van der Waals surface area contributed by atoms with Gasteiger partial charge in [0.2, 0.25) is 0 Å². The third kappa shape index (κ3) is 4.80. The number of benzene rings is 2. The van der Waals surface area contributed by atoms with Crippen molar-refractivity contribution in [3.63, 3.8) is 0 Å². The number of hydrogen-bond acceptors (Lipinski definition) is 4. The maximum atomic E-state index is 12.4. The van der Waals surface area contributed by atoms with E-state index in [1.165, 1.54) is 0 Å². The summed E-state index contributed by atoms with van der Waals surface area (Å²) < 4.78 is 74.4. The summed E-state index contributed by atoms with van der Waals surface area (Å²) in [5.41, 5.74) is -5.16. The van der Waals surface area contributed by atoms with Gasteiger partial charge in [-0.3, -0.25) is 4.57 Å². The molecule has 0 spiro atoms. The summed E-state index contributed by atoms with van der Waals surface area (Å²) in [6.45, 7) is 0. The average Bonchev–Trinajstić information content (AvgIpc) is 2.49. The summed E-state index contributed by atoms with van der Waals surface area (Å²) in [6, 6.07) is 12.2. The number of rotatable bonds is 6. The molecule has 138 valence electrons. The molecule has 11 heteroatoms. The molecule has 0 aliphatic carbocycles. The molecule has 6 nitrogen and oxygen atoms in total. The Morgan fingerprint density at radius 3 is 2.28 bits per heavy atom. The fraction of sp³-hybridized carbons (Fsp3) is 0.286. The first-order valence-corrected chi connectivity index (χ1v) is 10.0. The minimum Gasteiger partial charge on any atom is -0.323 e. The Labute approximate surface area is 141 Å². The summed E-state index contributed by atoms with van der Waals surface area (Å²) in [5.74, 6) is -2.42. The van der Waals surface area contributed by atoms with Gasteiger partial charge in [-0.05, 0) is 29.2 Å². The molecular formula is C14H14F3O6PS. The van der Waals surface area contributed by atoms with Crippen LogP contribution < -0.4 is 0 Å². The smallest absolute Gasteiger partial charge is 0.323 e. The monoisotopic (exact) mass is 398 g/mol. The summed E-state index contributed by atoms with van der Waals surface area (Å²) >= 11 is 0. The quantitative estimate of drug-likeness (QED) is 0.441. The third-order valence-corrected chi connectivity index (χ3v) is 5.75. The Hall–Kier alpha value is -1.45. The van der Waals surface area contributed by atoms with E-state index in [4.69, 9.17) is 9.79 Å². The van der Waals surface area contributed by atoms with Crippen LogP contribution >= 0.6 is 7.60 Å². The van der Waals surface area contributed by atoms with E-state index in [1.54, 1.807) is 42.5 Å². The SMILES string of the molecule is O=P(O)(O)C(CCc1cccc2ccccc12)OS(=O)(=O)C(F)(F)F. The summed E-state index contributed by atoms with van der Waals surface area (Å²) in [5, 5.41) is 1.57. The Morgan fingerprint density at radius 1 is 1.08 bits per heavy atom. The lowest BCUT2D eigenvalue weighted by molar-refractivity contribution is -0.0557. The molecule has 2 aromatic rings. The third-order valence-electron chi connectivity index (χ3n) is 3.44. The van der Waals surface area contributed by atoms with Gasteiger partial charge in [0.25, 0.3) is 0 Å². The molecule has 0 bridgehead atoms. The van der Waals surface area contributed by atoms with Crippen molar-refractivity contribution in [1.82, 2.24) is 0 Å². The van der Waals surface area contributed by atoms with E-state index in [0.29, 0.717) is 5.56 Å². The van der Waals surface area contributed by atoms with Gasteiger partial charge >= 0.3 is 23.2 Å². The van der Waals surface area contributed by atoms with Gasteiger partial charge in [0.1, 0.15) is 0 Å². The van der Waals surface area contributed by atoms with Crippen molar-refractivity contribution in [3.8, 4) is 0 Å². The van der Waals surface area contributed by atoms with Crippen molar-refractivity contribution in [2.75, 3.05) is 0 Å². The second kappa shape index (κ2) is 7.05. The molecule has 2 rings (SSSR count). The van der Waals surface area contributed by atoms with E-state index in [1.807, 2.05) is 0 Å². The first-order chi connectivity index (χ1) is 11.4. The zero-order valence-electron chi connectivity index (χ0n) is 12.5. The number of aryl methyl sites for hydroxylation is 1. The highest BCUT2D eigenvalue weighted by molar-refractivity contribution is 7.87. The first kappa shape index (κ1) is 19.9. The van der Waals surface area contributed by atoms with Crippen molar-refractivity contribution in [1.29, 1.82) is 0 Å². The van der Waals surface area contributed by atoms with Gasteiger partial charge in [-0.2, -0.15) is 21.6 Å². The van der Waals surface area contributed by atoms with Crippen molar-refractivity contribution in [2.45, 2.75) is 24.2 Å². The zero-order valence-corrected chi connectivity index (χ0v) is 14.3. The molecule has 0 fully saturated rings. The minimum absolute atomic E-state index is 0.0789. The van der Waals surface area contributed by atoms with E-state index >= 15 is 0 Å². The van der Waals surface area contributed by atoms with Crippen molar-refractivity contribution >= 4 is 28.5 Å². The van der Waals surface area contributed by atoms with E-state index in [9.17, 15) is 26.2 Å². The molecule has 0 aromatic heterocycles. The van der Waals surface area contributed by atoms with Crippen LogP contribution in [0.15, 0.2) is 42.5 Å². The normalized spacial score (nSPS) is 14.6. The molecule has 1 atom stereocenters. The second-order valence-corrected chi connectivity index (χ2v) is 8.53. The number of fused-ring (bicyclic) bond motifs is 1. The molecule has 1 unspecified atom stereocenters. The number of alkyl halides is 3. The molecular weight excluding hydrogens is 384 g/mol. The van der Waals surface area contributed by atoms with Gasteiger partial charge in [-0.1, -0.05) is 42.5 Å². The molecule has 2 aromatic carbocycles. The first-order valence-electron chi connectivity index (χ1n) is 6.93. The van der Waals surface area contributed by atoms with Crippen LogP contribution in [0.4, 0.5) is 13.2 Å². The predicted molar refractivity (Wildman–Crippen MR) is 84.2 cm³/mol. The highest BCUT2D eigenvalue weighted by atomic mass is 32.2. The van der Waals surface area contributed by atoms with Gasteiger partial charge in [0.05, 0.1) is 0 Å². The summed E-state index contributed by atoms with van der Waals surface area (Å²) in [6.07, 6.45) is -0.682. The maximum Gasteiger partial charge on any atom is 0.523 e. The van der Waals surface area contributed by atoms with Gasteiger partial charge in [0.15, 0.2) is 5.85 Å². The van der Waals surface area contributed by atoms with Gasteiger partial charge < -0.3 is 9.79 Å². The largest absolute Gasteiger partial charge is 0.523 e. The Bertz CT molecular complexity index is 901. The lowest BCUT2D eigenvalue weighted by Crippen LogP contribution is -2.30. The van der Waals surface area contributed by atoms with Crippen LogP contribution in [0.3, 0.4) is 0 Å². The van der Waals surface area contributed by atoms with E-state index in [-0.39, 0.29) is 6.42 Å². The van der Waals surface area contributed by atoms with E-state index in [2.05, 4.69) is 4.18 Å². The molecule has 0 radical (unpaired) electrons. The fourth-order valence-corrected chi connectivity index (χ4v) is 4.01. The Kier molecular flexibility index (Phi) is 5.60. The predicted octanol–water partition coefficient (Wildman–Crippen LogP) is 3.14. The highest BCUT2D eigenvalue weighted by Crippen LogP contribution is 2.46. The van der Waals surface area contributed by atoms with Gasteiger partial charge in [0, 0.05) is 0 Å². The van der Waals surface area contributed by atoms with Crippen LogP contribution in [0.1, 0.15) is 12.0 Å². The number of halogens is 3. The summed E-state index contributed by atoms with van der Waals surface area (Å²) in [7, 11) is -11.4. The molecule has 0 aliphatic heterocycles. The molecule has 0 heterocycles. The van der Waals surface area contributed by atoms with E-state index < -0.39 is 35.5 Å². The molecule has 25 heavy (non-hydrogen) atoms. The van der Waals surface area contributed by atoms with E-state index in [0.717, 1.165) is 10.8 Å².